The lowest BCUT2D eigenvalue weighted by molar-refractivity contribution is 0.553. The Morgan fingerprint density at radius 3 is 2.37 bits per heavy atom. The van der Waals surface area contributed by atoms with E-state index < -0.39 is 0 Å². The van der Waals surface area contributed by atoms with Crippen molar-refractivity contribution in [3.05, 3.63) is 15.6 Å². The second kappa shape index (κ2) is 8.70. The van der Waals surface area contributed by atoms with Gasteiger partial charge in [0.05, 0.1) is 10.7 Å². The number of rotatable bonds is 9. The summed E-state index contributed by atoms with van der Waals surface area (Å²) < 4.78 is 0. The van der Waals surface area contributed by atoms with Crippen molar-refractivity contribution in [2.45, 2.75) is 72.8 Å². The van der Waals surface area contributed by atoms with Crippen LogP contribution in [0.15, 0.2) is 0 Å². The number of aromatic nitrogens is 1. The molecule has 0 bridgehead atoms. The molecule has 1 aromatic rings. The van der Waals surface area contributed by atoms with Gasteiger partial charge >= 0.3 is 0 Å². The number of hydrogen-bond donors (Lipinski definition) is 1. The van der Waals surface area contributed by atoms with Crippen molar-refractivity contribution in [1.29, 1.82) is 0 Å². The Morgan fingerprint density at radius 1 is 1.16 bits per heavy atom. The Bertz CT molecular complexity index is 354. The van der Waals surface area contributed by atoms with Gasteiger partial charge in [0.25, 0.3) is 0 Å². The normalized spacial score (nSPS) is 11.7. The molecule has 2 nitrogen and oxygen atoms in total. The van der Waals surface area contributed by atoms with E-state index in [0.717, 1.165) is 19.5 Å². The first kappa shape index (κ1) is 16.6. The van der Waals surface area contributed by atoms with Crippen molar-refractivity contribution in [3.63, 3.8) is 0 Å². The monoisotopic (exact) mass is 282 g/mol. The first-order valence-corrected chi connectivity index (χ1v) is 8.63. The Kier molecular flexibility index (Phi) is 7.62. The van der Waals surface area contributed by atoms with Gasteiger partial charge in [0.2, 0.25) is 0 Å². The first-order chi connectivity index (χ1) is 9.12. The molecule has 0 amide bonds. The zero-order valence-corrected chi connectivity index (χ0v) is 14.1. The standard InChI is InChI=1S/C16H30N2S/c1-6-9-14-15(11-17-10-12(4)5)19-16(18-14)13(7-2)8-3/h12-13,17H,6-11H2,1-5H3. The molecule has 0 aliphatic rings. The lowest BCUT2D eigenvalue weighted by Gasteiger charge is -2.07. The van der Waals surface area contributed by atoms with E-state index in [2.05, 4.69) is 39.9 Å². The van der Waals surface area contributed by atoms with Gasteiger partial charge in [-0.25, -0.2) is 4.98 Å². The number of aryl methyl sites for hydroxylation is 1. The van der Waals surface area contributed by atoms with Gasteiger partial charge in [-0.1, -0.05) is 41.0 Å². The second-order valence-electron chi connectivity index (χ2n) is 5.71. The highest BCUT2D eigenvalue weighted by atomic mass is 32.1. The number of nitrogens with one attached hydrogen (secondary N) is 1. The highest BCUT2D eigenvalue weighted by molar-refractivity contribution is 7.11. The van der Waals surface area contributed by atoms with Gasteiger partial charge in [-0.3, -0.25) is 0 Å². The summed E-state index contributed by atoms with van der Waals surface area (Å²) in [7, 11) is 0. The van der Waals surface area contributed by atoms with Crippen LogP contribution in [0.25, 0.3) is 0 Å². The van der Waals surface area contributed by atoms with Gasteiger partial charge in [0.15, 0.2) is 0 Å². The van der Waals surface area contributed by atoms with Crippen LogP contribution in [0.4, 0.5) is 0 Å². The third-order valence-corrected chi connectivity index (χ3v) is 4.71. The summed E-state index contributed by atoms with van der Waals surface area (Å²) in [5.74, 6) is 1.36. The average Bonchev–Trinajstić information content (AvgIpc) is 2.74. The molecule has 1 heterocycles. The lowest BCUT2D eigenvalue weighted by Crippen LogP contribution is -2.19. The molecule has 0 saturated heterocycles. The Hall–Kier alpha value is -0.410. The quantitative estimate of drug-likeness (QED) is 0.707. The molecule has 1 rings (SSSR count). The van der Waals surface area contributed by atoms with Crippen LogP contribution in [-0.2, 0) is 13.0 Å². The maximum absolute atomic E-state index is 4.92. The van der Waals surface area contributed by atoms with Crippen LogP contribution in [0.3, 0.4) is 0 Å². The zero-order chi connectivity index (χ0) is 14.3. The molecular formula is C16H30N2S. The topological polar surface area (TPSA) is 24.9 Å². The van der Waals surface area contributed by atoms with Gasteiger partial charge in [-0.05, 0) is 31.7 Å². The van der Waals surface area contributed by atoms with Crippen LogP contribution in [0.1, 0.15) is 75.4 Å². The van der Waals surface area contributed by atoms with E-state index in [4.69, 9.17) is 4.98 Å². The smallest absolute Gasteiger partial charge is 0.0962 e. The van der Waals surface area contributed by atoms with Crippen molar-refractivity contribution in [2.75, 3.05) is 6.54 Å². The number of thiazole rings is 1. The third-order valence-electron chi connectivity index (χ3n) is 3.45. The number of hydrogen-bond acceptors (Lipinski definition) is 3. The highest BCUT2D eigenvalue weighted by Gasteiger charge is 2.16. The molecule has 0 fully saturated rings. The van der Waals surface area contributed by atoms with Gasteiger partial charge in [0.1, 0.15) is 0 Å². The average molecular weight is 282 g/mol. The predicted octanol–water partition coefficient (Wildman–Crippen LogP) is 4.74. The van der Waals surface area contributed by atoms with Gasteiger partial charge < -0.3 is 5.32 Å². The van der Waals surface area contributed by atoms with Crippen molar-refractivity contribution in [3.8, 4) is 0 Å². The highest BCUT2D eigenvalue weighted by Crippen LogP contribution is 2.30. The maximum atomic E-state index is 4.92. The molecule has 19 heavy (non-hydrogen) atoms. The zero-order valence-electron chi connectivity index (χ0n) is 13.3. The predicted molar refractivity (Wildman–Crippen MR) is 86.0 cm³/mol. The van der Waals surface area contributed by atoms with Crippen LogP contribution < -0.4 is 5.32 Å². The maximum Gasteiger partial charge on any atom is 0.0962 e. The molecule has 110 valence electrons. The van der Waals surface area contributed by atoms with Gasteiger partial charge in [-0.15, -0.1) is 11.3 Å². The minimum absolute atomic E-state index is 0.652. The molecule has 3 heteroatoms. The van der Waals surface area contributed by atoms with Crippen molar-refractivity contribution in [2.24, 2.45) is 5.92 Å². The minimum Gasteiger partial charge on any atom is -0.312 e. The third kappa shape index (κ3) is 5.23. The summed E-state index contributed by atoms with van der Waals surface area (Å²) in [5.41, 5.74) is 1.34. The van der Waals surface area contributed by atoms with Gasteiger partial charge in [-0.2, -0.15) is 0 Å². The molecule has 1 N–H and O–H groups in total. The summed E-state index contributed by atoms with van der Waals surface area (Å²) >= 11 is 1.93. The Labute approximate surface area is 123 Å². The molecule has 0 spiro atoms. The summed E-state index contributed by atoms with van der Waals surface area (Å²) in [6, 6.07) is 0. The van der Waals surface area contributed by atoms with Crippen molar-refractivity contribution >= 4 is 11.3 Å². The molecule has 0 aliphatic carbocycles. The molecule has 0 radical (unpaired) electrons. The molecule has 0 saturated carbocycles. The summed E-state index contributed by atoms with van der Waals surface area (Å²) in [6.45, 7) is 13.4. The fourth-order valence-electron chi connectivity index (χ4n) is 2.26. The molecular weight excluding hydrogens is 252 g/mol. The fraction of sp³-hybridized carbons (Fsp3) is 0.812. The van der Waals surface area contributed by atoms with Crippen LogP contribution >= 0.6 is 11.3 Å². The fourth-order valence-corrected chi connectivity index (χ4v) is 3.61. The Balaban J connectivity index is 2.76. The summed E-state index contributed by atoms with van der Waals surface area (Å²) in [6.07, 6.45) is 4.71. The molecule has 0 unspecified atom stereocenters. The minimum atomic E-state index is 0.652. The van der Waals surface area contributed by atoms with E-state index in [1.54, 1.807) is 0 Å². The summed E-state index contributed by atoms with van der Waals surface area (Å²) in [4.78, 5) is 6.38. The first-order valence-electron chi connectivity index (χ1n) is 7.81. The van der Waals surface area contributed by atoms with E-state index in [-0.39, 0.29) is 0 Å². The molecule has 0 aromatic carbocycles. The van der Waals surface area contributed by atoms with Crippen molar-refractivity contribution in [1.82, 2.24) is 10.3 Å². The van der Waals surface area contributed by atoms with E-state index >= 15 is 0 Å². The SMILES string of the molecule is CCCc1nc(C(CC)CC)sc1CNCC(C)C. The van der Waals surface area contributed by atoms with E-state index in [1.165, 1.54) is 34.8 Å². The molecule has 0 aliphatic heterocycles. The number of nitrogens with zero attached hydrogens (tertiary/aromatic N) is 1. The Morgan fingerprint density at radius 2 is 1.84 bits per heavy atom. The van der Waals surface area contributed by atoms with E-state index in [9.17, 15) is 0 Å². The largest absolute Gasteiger partial charge is 0.312 e. The molecule has 1 aromatic heterocycles. The van der Waals surface area contributed by atoms with Crippen LogP contribution in [-0.4, -0.2) is 11.5 Å². The van der Waals surface area contributed by atoms with Crippen LogP contribution in [0, 0.1) is 5.92 Å². The van der Waals surface area contributed by atoms with Crippen LogP contribution in [0.5, 0.6) is 0 Å². The molecule has 0 atom stereocenters. The second-order valence-corrected chi connectivity index (χ2v) is 6.83. The van der Waals surface area contributed by atoms with Gasteiger partial charge in [0, 0.05) is 17.3 Å². The summed E-state index contributed by atoms with van der Waals surface area (Å²) in [5, 5.41) is 4.91. The van der Waals surface area contributed by atoms with Crippen molar-refractivity contribution < 1.29 is 0 Å². The van der Waals surface area contributed by atoms with Crippen LogP contribution in [0.2, 0.25) is 0 Å². The lowest BCUT2D eigenvalue weighted by atomic mass is 10.1. The van der Waals surface area contributed by atoms with E-state index in [1.807, 2.05) is 11.3 Å². The van der Waals surface area contributed by atoms with E-state index in [0.29, 0.717) is 11.8 Å².